The molecule has 0 aliphatic carbocycles. The van der Waals surface area contributed by atoms with Crippen LogP contribution in [0.15, 0.2) is 35.3 Å². The Labute approximate surface area is 76.1 Å². The van der Waals surface area contributed by atoms with Gasteiger partial charge in [0.25, 0.3) is 0 Å². The Kier molecular flexibility index (Phi) is 2.25. The minimum atomic E-state index is -0.472. The first-order valence-electron chi connectivity index (χ1n) is 4.22. The first-order valence-corrected chi connectivity index (χ1v) is 4.22. The summed E-state index contributed by atoms with van der Waals surface area (Å²) in [7, 11) is 0. The van der Waals surface area contributed by atoms with Crippen LogP contribution >= 0.6 is 0 Å². The molecule has 13 heavy (non-hydrogen) atoms. The summed E-state index contributed by atoms with van der Waals surface area (Å²) in [6.45, 7) is -0.0411. The van der Waals surface area contributed by atoms with Gasteiger partial charge < -0.3 is 4.74 Å². The highest BCUT2D eigenvalue weighted by molar-refractivity contribution is 5.95. The Hall–Kier alpha value is -1.38. The van der Waals surface area contributed by atoms with Gasteiger partial charge in [-0.2, -0.15) is 0 Å². The molecule has 1 aliphatic heterocycles. The maximum Gasteiger partial charge on any atom is 0.216 e. The average molecular weight is 179 g/mol. The summed E-state index contributed by atoms with van der Waals surface area (Å²) in [6.07, 6.45) is -0.379. The predicted molar refractivity (Wildman–Crippen MR) is 48.7 cm³/mol. The Balaban J connectivity index is 2.12. The van der Waals surface area contributed by atoms with Crippen molar-refractivity contribution < 1.29 is 9.13 Å². The van der Waals surface area contributed by atoms with Crippen LogP contribution in [0.25, 0.3) is 0 Å². The van der Waals surface area contributed by atoms with Crippen LogP contribution in [0, 0.1) is 0 Å². The molecule has 2 nitrogen and oxygen atoms in total. The molecule has 68 valence electrons. The Bertz CT molecular complexity index is 310. The van der Waals surface area contributed by atoms with E-state index in [0.29, 0.717) is 12.4 Å². The summed E-state index contributed by atoms with van der Waals surface area (Å²) in [4.78, 5) is 4.11. The van der Waals surface area contributed by atoms with E-state index in [9.17, 15) is 4.39 Å². The summed E-state index contributed by atoms with van der Waals surface area (Å²) in [5.41, 5.74) is 0.915. The van der Waals surface area contributed by atoms with Crippen LogP contribution in [-0.2, 0) is 4.74 Å². The van der Waals surface area contributed by atoms with E-state index in [1.807, 2.05) is 30.3 Å². The van der Waals surface area contributed by atoms with Crippen LogP contribution in [0.5, 0.6) is 0 Å². The van der Waals surface area contributed by atoms with Crippen LogP contribution < -0.4 is 0 Å². The van der Waals surface area contributed by atoms with Crippen LogP contribution in [0.1, 0.15) is 5.56 Å². The summed E-state index contributed by atoms with van der Waals surface area (Å²) < 4.78 is 17.5. The maximum absolute atomic E-state index is 12.2. The van der Waals surface area contributed by atoms with Crippen LogP contribution in [0.2, 0.25) is 0 Å². The van der Waals surface area contributed by atoms with Crippen molar-refractivity contribution in [3.05, 3.63) is 35.9 Å². The molecule has 0 fully saturated rings. The lowest BCUT2D eigenvalue weighted by atomic mass is 10.2. The minimum Gasteiger partial charge on any atom is -0.469 e. The lowest BCUT2D eigenvalue weighted by Gasteiger charge is -2.06. The van der Waals surface area contributed by atoms with Gasteiger partial charge in [-0.05, 0) is 12.1 Å². The zero-order valence-corrected chi connectivity index (χ0v) is 7.11. The molecule has 1 aliphatic rings. The second kappa shape index (κ2) is 3.56. The van der Waals surface area contributed by atoms with Gasteiger partial charge in [-0.15, -0.1) is 0 Å². The Morgan fingerprint density at radius 2 is 2.15 bits per heavy atom. The molecular formula is C10H10FNO. The van der Waals surface area contributed by atoms with E-state index >= 15 is 0 Å². The molecule has 0 saturated heterocycles. The number of aliphatic imine (C=N–C) groups is 1. The SMILES string of the molecule is FCC1CN=C(c2ccccc2)O1. The van der Waals surface area contributed by atoms with Gasteiger partial charge >= 0.3 is 0 Å². The third-order valence-corrected chi connectivity index (χ3v) is 1.91. The number of rotatable bonds is 2. The fourth-order valence-corrected chi connectivity index (χ4v) is 1.24. The smallest absolute Gasteiger partial charge is 0.216 e. The molecule has 0 N–H and O–H groups in total. The highest BCUT2D eigenvalue weighted by Crippen LogP contribution is 2.11. The van der Waals surface area contributed by atoms with E-state index in [4.69, 9.17) is 4.74 Å². The molecule has 0 amide bonds. The Morgan fingerprint density at radius 3 is 2.77 bits per heavy atom. The number of halogens is 1. The van der Waals surface area contributed by atoms with Gasteiger partial charge in [0.1, 0.15) is 12.8 Å². The first kappa shape index (κ1) is 8.23. The van der Waals surface area contributed by atoms with Gasteiger partial charge in [0.05, 0.1) is 6.54 Å². The molecule has 2 rings (SSSR count). The molecule has 0 spiro atoms. The number of ether oxygens (including phenoxy) is 1. The van der Waals surface area contributed by atoms with Gasteiger partial charge in [0.2, 0.25) is 5.90 Å². The molecule has 1 unspecified atom stereocenters. The lowest BCUT2D eigenvalue weighted by molar-refractivity contribution is 0.183. The van der Waals surface area contributed by atoms with E-state index in [-0.39, 0.29) is 6.10 Å². The maximum atomic E-state index is 12.2. The van der Waals surface area contributed by atoms with E-state index in [0.717, 1.165) is 5.56 Å². The molecule has 1 aromatic carbocycles. The predicted octanol–water partition coefficient (Wildman–Crippen LogP) is 1.80. The van der Waals surface area contributed by atoms with Crippen molar-refractivity contribution >= 4 is 5.90 Å². The number of nitrogens with zero attached hydrogens (tertiary/aromatic N) is 1. The minimum absolute atomic E-state index is 0.379. The molecule has 3 heteroatoms. The molecule has 0 radical (unpaired) electrons. The van der Waals surface area contributed by atoms with Crippen molar-refractivity contribution in [2.24, 2.45) is 4.99 Å². The second-order valence-corrected chi connectivity index (χ2v) is 2.91. The highest BCUT2D eigenvalue weighted by atomic mass is 19.1. The zero-order chi connectivity index (χ0) is 9.10. The van der Waals surface area contributed by atoms with Gasteiger partial charge in [-0.3, -0.25) is 0 Å². The van der Waals surface area contributed by atoms with Crippen molar-refractivity contribution in [2.45, 2.75) is 6.10 Å². The lowest BCUT2D eigenvalue weighted by Crippen LogP contribution is -2.15. The second-order valence-electron chi connectivity index (χ2n) is 2.91. The van der Waals surface area contributed by atoms with Crippen LogP contribution in [0.4, 0.5) is 4.39 Å². The van der Waals surface area contributed by atoms with Gasteiger partial charge in [-0.25, -0.2) is 9.38 Å². The third kappa shape index (κ3) is 1.69. The monoisotopic (exact) mass is 179 g/mol. The van der Waals surface area contributed by atoms with Crippen molar-refractivity contribution in [1.82, 2.24) is 0 Å². The number of hydrogen-bond acceptors (Lipinski definition) is 2. The van der Waals surface area contributed by atoms with E-state index in [2.05, 4.69) is 4.99 Å². The average Bonchev–Trinajstić information content (AvgIpc) is 2.67. The molecule has 0 saturated carbocycles. The van der Waals surface area contributed by atoms with E-state index in [1.165, 1.54) is 0 Å². The first-order chi connectivity index (χ1) is 6.40. The van der Waals surface area contributed by atoms with Crippen molar-refractivity contribution in [1.29, 1.82) is 0 Å². The molecule has 1 atom stereocenters. The molecular weight excluding hydrogens is 169 g/mol. The summed E-state index contributed by atoms with van der Waals surface area (Å²) in [6, 6.07) is 9.54. The largest absolute Gasteiger partial charge is 0.469 e. The van der Waals surface area contributed by atoms with Gasteiger partial charge in [0, 0.05) is 5.56 Å². The van der Waals surface area contributed by atoms with Crippen molar-refractivity contribution in [3.63, 3.8) is 0 Å². The fourth-order valence-electron chi connectivity index (χ4n) is 1.24. The van der Waals surface area contributed by atoms with E-state index < -0.39 is 6.67 Å². The molecule has 1 heterocycles. The normalized spacial score (nSPS) is 21.0. The highest BCUT2D eigenvalue weighted by Gasteiger charge is 2.19. The molecule has 0 bridgehead atoms. The van der Waals surface area contributed by atoms with Crippen LogP contribution in [0.3, 0.4) is 0 Å². The third-order valence-electron chi connectivity index (χ3n) is 1.91. The number of alkyl halides is 1. The standard InChI is InChI=1S/C10H10FNO/c11-6-9-7-12-10(13-9)8-4-2-1-3-5-8/h1-5,9H,6-7H2. The van der Waals surface area contributed by atoms with Gasteiger partial charge in [0.15, 0.2) is 0 Å². The summed E-state index contributed by atoms with van der Waals surface area (Å²) >= 11 is 0. The van der Waals surface area contributed by atoms with Gasteiger partial charge in [-0.1, -0.05) is 18.2 Å². The Morgan fingerprint density at radius 1 is 1.38 bits per heavy atom. The summed E-state index contributed by atoms with van der Waals surface area (Å²) in [5, 5.41) is 0. The number of benzene rings is 1. The summed E-state index contributed by atoms with van der Waals surface area (Å²) in [5.74, 6) is 0.559. The topological polar surface area (TPSA) is 21.6 Å². The van der Waals surface area contributed by atoms with Crippen molar-refractivity contribution in [3.8, 4) is 0 Å². The van der Waals surface area contributed by atoms with Crippen molar-refractivity contribution in [2.75, 3.05) is 13.2 Å². The quantitative estimate of drug-likeness (QED) is 0.678. The fraction of sp³-hybridized carbons (Fsp3) is 0.300. The zero-order valence-electron chi connectivity index (χ0n) is 7.11. The molecule has 0 aromatic heterocycles. The molecule has 1 aromatic rings. The number of hydrogen-bond donors (Lipinski definition) is 0. The van der Waals surface area contributed by atoms with Crippen LogP contribution in [-0.4, -0.2) is 25.2 Å². The van der Waals surface area contributed by atoms with E-state index in [1.54, 1.807) is 0 Å².